The van der Waals surface area contributed by atoms with E-state index >= 15 is 0 Å². The summed E-state index contributed by atoms with van der Waals surface area (Å²) in [6.45, 7) is -1.10. The van der Waals surface area contributed by atoms with Crippen molar-refractivity contribution in [1.82, 2.24) is 9.88 Å². The second-order valence-electron chi connectivity index (χ2n) is 3.78. The topological polar surface area (TPSA) is 77.4 Å². The van der Waals surface area contributed by atoms with Gasteiger partial charge in [-0.05, 0) is 6.92 Å². The van der Waals surface area contributed by atoms with Gasteiger partial charge in [-0.1, -0.05) is 11.3 Å². The molecule has 0 aliphatic carbocycles. The first-order valence-corrected chi connectivity index (χ1v) is 6.21. The number of carbonyl (C=O) groups excluding carboxylic acids is 2. The number of alkyl halides is 3. The summed E-state index contributed by atoms with van der Waals surface area (Å²) in [4.78, 5) is 33.3. The van der Waals surface area contributed by atoms with E-state index in [0.29, 0.717) is 5.69 Å². The van der Waals surface area contributed by atoms with Gasteiger partial charge >= 0.3 is 17.0 Å². The molecule has 1 amide bonds. The third kappa shape index (κ3) is 5.43. The van der Waals surface area contributed by atoms with E-state index in [9.17, 15) is 27.6 Å². The predicted octanol–water partition coefficient (Wildman–Crippen LogP) is 0.440. The van der Waals surface area contributed by atoms with Gasteiger partial charge in [-0.2, -0.15) is 13.2 Å². The minimum Gasteiger partial charge on any atom is -0.454 e. The Hall–Kier alpha value is -1.84. The van der Waals surface area contributed by atoms with Gasteiger partial charge in [0, 0.05) is 11.1 Å². The molecule has 20 heavy (non-hydrogen) atoms. The molecular formula is C10H11F3N2O4S. The zero-order valence-electron chi connectivity index (χ0n) is 10.3. The Morgan fingerprint density at radius 2 is 2.10 bits per heavy atom. The van der Waals surface area contributed by atoms with Gasteiger partial charge in [0.25, 0.3) is 5.91 Å². The molecule has 0 atom stereocenters. The first-order chi connectivity index (χ1) is 9.19. The highest BCUT2D eigenvalue weighted by Crippen LogP contribution is 2.11. The fourth-order valence-electron chi connectivity index (χ4n) is 1.17. The van der Waals surface area contributed by atoms with Crippen LogP contribution in [0.1, 0.15) is 5.69 Å². The first-order valence-electron chi connectivity index (χ1n) is 5.33. The molecule has 1 rings (SSSR count). The molecule has 1 aromatic heterocycles. The van der Waals surface area contributed by atoms with Gasteiger partial charge < -0.3 is 10.1 Å². The molecule has 0 unspecified atom stereocenters. The first kappa shape index (κ1) is 16.2. The molecule has 0 aliphatic rings. The SMILES string of the molecule is Cc1csc(=O)n1CC(=O)OCC(=O)NCC(F)(F)F. The number of halogens is 3. The Morgan fingerprint density at radius 3 is 2.60 bits per heavy atom. The molecule has 0 bridgehead atoms. The third-order valence-corrected chi connectivity index (χ3v) is 2.99. The molecule has 0 saturated carbocycles. The van der Waals surface area contributed by atoms with Crippen LogP contribution in [0.2, 0.25) is 0 Å². The number of hydrogen-bond donors (Lipinski definition) is 1. The van der Waals surface area contributed by atoms with Crippen molar-refractivity contribution in [2.45, 2.75) is 19.6 Å². The summed E-state index contributed by atoms with van der Waals surface area (Å²) >= 11 is 0.904. The molecule has 0 spiro atoms. The van der Waals surface area contributed by atoms with Crippen molar-refractivity contribution in [2.24, 2.45) is 0 Å². The molecule has 0 fully saturated rings. The van der Waals surface area contributed by atoms with Gasteiger partial charge in [-0.3, -0.25) is 19.0 Å². The van der Waals surface area contributed by atoms with Crippen LogP contribution in [-0.2, 0) is 20.9 Å². The number of aryl methyl sites for hydroxylation is 1. The fraction of sp³-hybridized carbons (Fsp3) is 0.500. The van der Waals surface area contributed by atoms with Crippen LogP contribution >= 0.6 is 11.3 Å². The Morgan fingerprint density at radius 1 is 1.45 bits per heavy atom. The lowest BCUT2D eigenvalue weighted by molar-refractivity contribution is -0.151. The number of hydrogen-bond acceptors (Lipinski definition) is 5. The van der Waals surface area contributed by atoms with Crippen LogP contribution in [0, 0.1) is 6.92 Å². The number of amides is 1. The number of rotatable bonds is 5. The maximum absolute atomic E-state index is 11.8. The maximum Gasteiger partial charge on any atom is 0.405 e. The van der Waals surface area contributed by atoms with Crippen LogP contribution in [0.4, 0.5) is 13.2 Å². The summed E-state index contributed by atoms with van der Waals surface area (Å²) < 4.78 is 41.0. The molecule has 0 aliphatic heterocycles. The molecule has 0 radical (unpaired) electrons. The summed E-state index contributed by atoms with van der Waals surface area (Å²) in [5.74, 6) is -1.94. The van der Waals surface area contributed by atoms with Gasteiger partial charge in [0.1, 0.15) is 13.1 Å². The molecule has 6 nitrogen and oxygen atoms in total. The van der Waals surface area contributed by atoms with Crippen LogP contribution in [0.15, 0.2) is 10.2 Å². The number of thiazole rings is 1. The Kier molecular flexibility index (Phi) is 5.31. The highest BCUT2D eigenvalue weighted by Gasteiger charge is 2.27. The van der Waals surface area contributed by atoms with E-state index in [4.69, 9.17) is 0 Å². The quantitative estimate of drug-likeness (QED) is 0.800. The Balaban J connectivity index is 2.37. The van der Waals surface area contributed by atoms with Crippen molar-refractivity contribution in [3.8, 4) is 0 Å². The van der Waals surface area contributed by atoms with Crippen molar-refractivity contribution in [3.63, 3.8) is 0 Å². The average molecular weight is 312 g/mol. The van der Waals surface area contributed by atoms with Crippen molar-refractivity contribution < 1.29 is 27.5 Å². The van der Waals surface area contributed by atoms with Crippen molar-refractivity contribution in [3.05, 3.63) is 20.7 Å². The molecule has 1 heterocycles. The molecule has 0 aromatic carbocycles. The van der Waals surface area contributed by atoms with E-state index in [1.54, 1.807) is 17.6 Å². The van der Waals surface area contributed by atoms with Crippen LogP contribution in [0.5, 0.6) is 0 Å². The molecule has 10 heteroatoms. The number of nitrogens with zero attached hydrogens (tertiary/aromatic N) is 1. The maximum atomic E-state index is 11.8. The molecule has 1 aromatic rings. The summed E-state index contributed by atoms with van der Waals surface area (Å²) in [5.41, 5.74) is 0.554. The number of esters is 1. The second kappa shape index (κ2) is 6.55. The van der Waals surface area contributed by atoms with Gasteiger partial charge in [-0.15, -0.1) is 0 Å². The van der Waals surface area contributed by atoms with Gasteiger partial charge in [-0.25, -0.2) is 0 Å². The van der Waals surface area contributed by atoms with E-state index in [0.717, 1.165) is 15.9 Å². The van der Waals surface area contributed by atoms with Crippen LogP contribution in [-0.4, -0.2) is 35.8 Å². The zero-order chi connectivity index (χ0) is 15.3. The predicted molar refractivity (Wildman–Crippen MR) is 63.3 cm³/mol. The summed E-state index contributed by atoms with van der Waals surface area (Å²) in [6, 6.07) is 0. The van der Waals surface area contributed by atoms with Crippen molar-refractivity contribution >= 4 is 23.2 Å². The highest BCUT2D eigenvalue weighted by molar-refractivity contribution is 7.07. The number of nitrogens with one attached hydrogen (secondary N) is 1. The van der Waals surface area contributed by atoms with E-state index in [1.807, 2.05) is 0 Å². The van der Waals surface area contributed by atoms with Gasteiger partial charge in [0.2, 0.25) is 0 Å². The fourth-order valence-corrected chi connectivity index (χ4v) is 1.90. The van der Waals surface area contributed by atoms with Gasteiger partial charge in [0.15, 0.2) is 6.61 Å². The van der Waals surface area contributed by atoms with E-state index in [1.165, 1.54) is 0 Å². The average Bonchev–Trinajstić information content (AvgIpc) is 2.65. The highest BCUT2D eigenvalue weighted by atomic mass is 32.1. The largest absolute Gasteiger partial charge is 0.454 e. The minimum absolute atomic E-state index is 0.360. The summed E-state index contributed by atoms with van der Waals surface area (Å²) in [6.07, 6.45) is -4.53. The molecule has 112 valence electrons. The van der Waals surface area contributed by atoms with E-state index < -0.39 is 31.2 Å². The number of ether oxygens (including phenoxy) is 1. The van der Waals surface area contributed by atoms with E-state index in [-0.39, 0.29) is 11.4 Å². The third-order valence-electron chi connectivity index (χ3n) is 2.11. The molecule has 1 N–H and O–H groups in total. The monoisotopic (exact) mass is 312 g/mol. The Labute approximate surface area is 115 Å². The minimum atomic E-state index is -4.53. The van der Waals surface area contributed by atoms with Crippen LogP contribution < -0.4 is 10.2 Å². The van der Waals surface area contributed by atoms with Crippen molar-refractivity contribution in [2.75, 3.05) is 13.2 Å². The molecular weight excluding hydrogens is 301 g/mol. The normalized spacial score (nSPS) is 11.2. The van der Waals surface area contributed by atoms with Crippen molar-refractivity contribution in [1.29, 1.82) is 0 Å². The molecule has 0 saturated heterocycles. The van der Waals surface area contributed by atoms with Gasteiger partial charge in [0.05, 0.1) is 0 Å². The summed E-state index contributed by atoms with van der Waals surface area (Å²) in [5, 5.41) is 3.10. The number of carbonyl (C=O) groups is 2. The smallest absolute Gasteiger partial charge is 0.405 e. The second-order valence-corrected chi connectivity index (χ2v) is 4.60. The lowest BCUT2D eigenvalue weighted by Gasteiger charge is -2.09. The lowest BCUT2D eigenvalue weighted by atomic mass is 10.5. The Bertz CT molecular complexity index is 549. The standard InChI is InChI=1S/C10H11F3N2O4S/c1-6-4-20-9(18)15(6)2-8(17)19-3-7(16)14-5-10(11,12)13/h4H,2-3,5H2,1H3,(H,14,16). The zero-order valence-corrected chi connectivity index (χ0v) is 11.1. The van der Waals surface area contributed by atoms with Crippen LogP contribution in [0.25, 0.3) is 0 Å². The number of aromatic nitrogens is 1. The van der Waals surface area contributed by atoms with E-state index in [2.05, 4.69) is 4.74 Å². The summed E-state index contributed by atoms with van der Waals surface area (Å²) in [7, 11) is 0. The lowest BCUT2D eigenvalue weighted by Crippen LogP contribution is -2.36. The van der Waals surface area contributed by atoms with Crippen LogP contribution in [0.3, 0.4) is 0 Å².